The van der Waals surface area contributed by atoms with Crippen LogP contribution < -0.4 is 10.6 Å². The Hall–Kier alpha value is -1.96. The zero-order valence-electron chi connectivity index (χ0n) is 10.8. The van der Waals surface area contributed by atoms with Crippen LogP contribution in [-0.4, -0.2) is 10.0 Å². The third-order valence-corrected chi connectivity index (χ3v) is 3.53. The first kappa shape index (κ1) is 16.4. The quantitative estimate of drug-likeness (QED) is 0.465. The van der Waals surface area contributed by atoms with Crippen LogP contribution in [-0.2, 0) is 0 Å². The SMILES string of the molecule is O=[N+]([O-])c1ccc(F)c(NC(=S)Nc2ccc(Cl)c(Cl)c2)c1. The van der Waals surface area contributed by atoms with Crippen LogP contribution in [0.1, 0.15) is 0 Å². The predicted octanol–water partition coefficient (Wildman–Crippen LogP) is 4.85. The zero-order valence-corrected chi connectivity index (χ0v) is 13.1. The van der Waals surface area contributed by atoms with E-state index < -0.39 is 10.7 Å². The molecule has 2 aromatic rings. The van der Waals surface area contributed by atoms with Gasteiger partial charge in [0.1, 0.15) is 5.82 Å². The second-order valence-corrected chi connectivity index (χ2v) is 5.35. The van der Waals surface area contributed by atoms with Crippen LogP contribution in [0.3, 0.4) is 0 Å². The average Bonchev–Trinajstić information content (AvgIpc) is 2.45. The largest absolute Gasteiger partial charge is 0.332 e. The van der Waals surface area contributed by atoms with Gasteiger partial charge in [-0.3, -0.25) is 10.1 Å². The minimum absolute atomic E-state index is 0.0535. The van der Waals surface area contributed by atoms with Crippen molar-refractivity contribution < 1.29 is 9.31 Å². The Balaban J connectivity index is 2.13. The highest BCUT2D eigenvalue weighted by atomic mass is 35.5. The first-order chi connectivity index (χ1) is 10.4. The van der Waals surface area contributed by atoms with E-state index in [4.69, 9.17) is 35.4 Å². The summed E-state index contributed by atoms with van der Waals surface area (Å²) in [6, 6.07) is 7.85. The minimum Gasteiger partial charge on any atom is -0.332 e. The molecule has 0 spiro atoms. The standard InChI is InChI=1S/C13H8Cl2FN3O2S/c14-9-3-1-7(5-10(9)15)17-13(22)18-12-6-8(19(20)21)2-4-11(12)16/h1-6H,(H2,17,18,22). The molecule has 0 radical (unpaired) electrons. The summed E-state index contributed by atoms with van der Waals surface area (Å²) in [5.41, 5.74) is 0.186. The summed E-state index contributed by atoms with van der Waals surface area (Å²) in [7, 11) is 0. The maximum atomic E-state index is 13.6. The highest BCUT2D eigenvalue weighted by Gasteiger charge is 2.12. The molecule has 0 atom stereocenters. The van der Waals surface area contributed by atoms with Crippen LogP contribution in [0.2, 0.25) is 10.0 Å². The molecule has 0 saturated heterocycles. The van der Waals surface area contributed by atoms with Gasteiger partial charge in [-0.1, -0.05) is 23.2 Å². The number of benzene rings is 2. The number of thiocarbonyl (C=S) groups is 1. The van der Waals surface area contributed by atoms with Gasteiger partial charge >= 0.3 is 0 Å². The third kappa shape index (κ3) is 4.03. The summed E-state index contributed by atoms with van der Waals surface area (Å²) < 4.78 is 13.6. The normalized spacial score (nSPS) is 10.1. The van der Waals surface area contributed by atoms with E-state index in [9.17, 15) is 14.5 Å². The van der Waals surface area contributed by atoms with Crippen LogP contribution >= 0.6 is 35.4 Å². The molecule has 0 saturated carbocycles. The molecule has 2 aromatic carbocycles. The number of nitrogens with zero attached hydrogens (tertiary/aromatic N) is 1. The van der Waals surface area contributed by atoms with Gasteiger partial charge < -0.3 is 10.6 Å². The third-order valence-electron chi connectivity index (χ3n) is 2.59. The predicted molar refractivity (Wildman–Crippen MR) is 89.4 cm³/mol. The van der Waals surface area contributed by atoms with Crippen molar-refractivity contribution in [1.29, 1.82) is 0 Å². The molecule has 0 unspecified atom stereocenters. The van der Waals surface area contributed by atoms with Crippen molar-refractivity contribution in [2.45, 2.75) is 0 Å². The Morgan fingerprint density at radius 1 is 1.14 bits per heavy atom. The van der Waals surface area contributed by atoms with E-state index >= 15 is 0 Å². The fraction of sp³-hybridized carbons (Fsp3) is 0. The van der Waals surface area contributed by atoms with Crippen molar-refractivity contribution in [1.82, 2.24) is 0 Å². The number of hydrogen-bond donors (Lipinski definition) is 2. The van der Waals surface area contributed by atoms with E-state index in [1.807, 2.05) is 0 Å². The first-order valence-electron chi connectivity index (χ1n) is 5.84. The summed E-state index contributed by atoms with van der Waals surface area (Å²) >= 11 is 16.7. The Bertz CT molecular complexity index is 758. The van der Waals surface area contributed by atoms with E-state index in [0.29, 0.717) is 15.7 Å². The van der Waals surface area contributed by atoms with Gasteiger partial charge in [-0.25, -0.2) is 4.39 Å². The molecule has 0 fully saturated rings. The van der Waals surface area contributed by atoms with Crippen LogP contribution in [0.25, 0.3) is 0 Å². The molecule has 0 bridgehead atoms. The molecule has 0 aliphatic carbocycles. The second-order valence-electron chi connectivity index (χ2n) is 4.13. The van der Waals surface area contributed by atoms with Gasteiger partial charge in [-0.05, 0) is 36.5 Å². The number of anilines is 2. The fourth-order valence-corrected chi connectivity index (χ4v) is 2.11. The Morgan fingerprint density at radius 3 is 2.50 bits per heavy atom. The number of non-ortho nitro benzene ring substituents is 1. The maximum Gasteiger partial charge on any atom is 0.271 e. The van der Waals surface area contributed by atoms with Gasteiger partial charge in [-0.2, -0.15) is 0 Å². The lowest BCUT2D eigenvalue weighted by Gasteiger charge is -2.11. The molecule has 2 rings (SSSR count). The highest BCUT2D eigenvalue weighted by molar-refractivity contribution is 7.80. The fourth-order valence-electron chi connectivity index (χ4n) is 1.58. The van der Waals surface area contributed by atoms with Crippen molar-refractivity contribution in [3.8, 4) is 0 Å². The topological polar surface area (TPSA) is 67.2 Å². The maximum absolute atomic E-state index is 13.6. The van der Waals surface area contributed by atoms with Gasteiger partial charge in [-0.15, -0.1) is 0 Å². The Kier molecular flexibility index (Phi) is 5.12. The monoisotopic (exact) mass is 359 g/mol. The molecule has 0 aliphatic heterocycles. The van der Waals surface area contributed by atoms with Crippen LogP contribution in [0.4, 0.5) is 21.5 Å². The minimum atomic E-state index is -0.663. The van der Waals surface area contributed by atoms with Gasteiger partial charge in [0, 0.05) is 17.8 Å². The van der Waals surface area contributed by atoms with E-state index in [1.54, 1.807) is 18.2 Å². The number of hydrogen-bond acceptors (Lipinski definition) is 3. The zero-order chi connectivity index (χ0) is 16.3. The molecule has 114 valence electrons. The van der Waals surface area contributed by atoms with Crippen molar-refractivity contribution in [3.05, 3.63) is 62.4 Å². The summed E-state index contributed by atoms with van der Waals surface area (Å²) in [6.07, 6.45) is 0. The summed E-state index contributed by atoms with van der Waals surface area (Å²) in [5.74, 6) is -0.663. The number of rotatable bonds is 3. The first-order valence-corrected chi connectivity index (χ1v) is 7.00. The van der Waals surface area contributed by atoms with E-state index in [0.717, 1.165) is 18.2 Å². The summed E-state index contributed by atoms with van der Waals surface area (Å²) in [5, 5.41) is 16.8. The van der Waals surface area contributed by atoms with Crippen molar-refractivity contribution in [2.75, 3.05) is 10.6 Å². The Labute approximate surface area is 140 Å². The average molecular weight is 360 g/mol. The van der Waals surface area contributed by atoms with Crippen LogP contribution in [0.5, 0.6) is 0 Å². The lowest BCUT2D eigenvalue weighted by Crippen LogP contribution is -2.19. The molecule has 5 nitrogen and oxygen atoms in total. The van der Waals surface area contributed by atoms with Crippen molar-refractivity contribution >= 4 is 57.6 Å². The number of nitro groups is 1. The van der Waals surface area contributed by atoms with Gasteiger partial charge in [0.15, 0.2) is 5.11 Å². The van der Waals surface area contributed by atoms with Gasteiger partial charge in [0.25, 0.3) is 5.69 Å². The molecule has 0 heterocycles. The van der Waals surface area contributed by atoms with E-state index in [2.05, 4.69) is 10.6 Å². The highest BCUT2D eigenvalue weighted by Crippen LogP contribution is 2.25. The number of nitro benzene ring substituents is 1. The van der Waals surface area contributed by atoms with Gasteiger partial charge in [0.2, 0.25) is 0 Å². The van der Waals surface area contributed by atoms with Gasteiger partial charge in [0.05, 0.1) is 20.7 Å². The number of halogens is 3. The smallest absolute Gasteiger partial charge is 0.271 e. The number of nitrogens with one attached hydrogen (secondary N) is 2. The lowest BCUT2D eigenvalue weighted by atomic mass is 10.2. The molecular formula is C13H8Cl2FN3O2S. The second kappa shape index (κ2) is 6.87. The molecule has 0 amide bonds. The molecule has 22 heavy (non-hydrogen) atoms. The molecular weight excluding hydrogens is 352 g/mol. The van der Waals surface area contributed by atoms with E-state index in [-0.39, 0.29) is 16.5 Å². The Morgan fingerprint density at radius 2 is 1.86 bits per heavy atom. The molecule has 9 heteroatoms. The summed E-state index contributed by atoms with van der Waals surface area (Å²) in [6.45, 7) is 0. The summed E-state index contributed by atoms with van der Waals surface area (Å²) in [4.78, 5) is 10.1. The van der Waals surface area contributed by atoms with Crippen molar-refractivity contribution in [2.24, 2.45) is 0 Å². The van der Waals surface area contributed by atoms with Crippen LogP contribution in [0.15, 0.2) is 36.4 Å². The lowest BCUT2D eigenvalue weighted by molar-refractivity contribution is -0.384. The molecule has 0 aromatic heterocycles. The van der Waals surface area contributed by atoms with E-state index in [1.165, 1.54) is 0 Å². The van der Waals surface area contributed by atoms with Crippen molar-refractivity contribution in [3.63, 3.8) is 0 Å². The molecule has 0 aliphatic rings. The molecule has 2 N–H and O–H groups in total. The van der Waals surface area contributed by atoms with Crippen LogP contribution in [0, 0.1) is 15.9 Å².